The van der Waals surface area contributed by atoms with Gasteiger partial charge in [0, 0.05) is 20.1 Å². The van der Waals surface area contributed by atoms with E-state index in [0.29, 0.717) is 26.0 Å². The predicted molar refractivity (Wildman–Crippen MR) is 104 cm³/mol. The molecule has 0 rings (SSSR count). The molecule has 0 aliphatic heterocycles. The van der Waals surface area contributed by atoms with Gasteiger partial charge in [0.05, 0.1) is 32.4 Å². The van der Waals surface area contributed by atoms with Crippen LogP contribution in [0, 0.1) is 0 Å². The molecule has 0 saturated heterocycles. The first-order chi connectivity index (χ1) is 11.1. The van der Waals surface area contributed by atoms with Crippen LogP contribution in [-0.2, 0) is 18.8 Å². The molecular formula is C16H35N2O4PS. The van der Waals surface area contributed by atoms with Crippen molar-refractivity contribution < 1.29 is 18.8 Å². The number of rotatable bonds is 14. The second-order valence-corrected chi connectivity index (χ2v) is 9.02. The Morgan fingerprint density at radius 3 is 2.42 bits per heavy atom. The molecule has 0 spiro atoms. The van der Waals surface area contributed by atoms with Crippen LogP contribution in [0.5, 0.6) is 0 Å². The molecule has 144 valence electrons. The number of nitrogens with one attached hydrogen (secondary N) is 2. The lowest BCUT2D eigenvalue weighted by atomic mass is 10.1. The first-order valence-corrected chi connectivity index (χ1v) is 10.6. The molecule has 0 fully saturated rings. The van der Waals surface area contributed by atoms with E-state index in [1.54, 1.807) is 7.11 Å². The number of carbonyl (C=O) groups excluding carboxylic acids is 1. The molecule has 0 heterocycles. The molecule has 1 atom stereocenters. The van der Waals surface area contributed by atoms with Crippen molar-refractivity contribution in [2.75, 3.05) is 33.3 Å². The van der Waals surface area contributed by atoms with E-state index in [-0.39, 0.29) is 11.5 Å². The molecule has 2 N–H and O–H groups in total. The maximum atomic E-state index is 11.8. The zero-order valence-electron chi connectivity index (χ0n) is 16.0. The molecule has 0 bridgehead atoms. The van der Waals surface area contributed by atoms with Crippen molar-refractivity contribution in [1.82, 2.24) is 10.0 Å². The molecule has 0 aromatic rings. The van der Waals surface area contributed by atoms with Crippen LogP contribution in [-0.4, -0.2) is 50.5 Å². The van der Waals surface area contributed by atoms with Crippen molar-refractivity contribution in [3.05, 3.63) is 0 Å². The Labute approximate surface area is 154 Å². The second-order valence-electron chi connectivity index (χ2n) is 7.02. The minimum Gasteiger partial charge on any atom is -0.378 e. The Morgan fingerprint density at radius 1 is 1.17 bits per heavy atom. The average molecular weight is 383 g/mol. The predicted octanol–water partition coefficient (Wildman–Crippen LogP) is 3.28. The van der Waals surface area contributed by atoms with E-state index in [0.717, 1.165) is 19.3 Å². The number of unbranched alkanes of at least 4 members (excludes halogenated alkanes) is 2. The zero-order valence-corrected chi connectivity index (χ0v) is 17.8. The van der Waals surface area contributed by atoms with Crippen LogP contribution in [0.4, 0.5) is 0 Å². The van der Waals surface area contributed by atoms with Crippen LogP contribution in [0.25, 0.3) is 0 Å². The van der Waals surface area contributed by atoms with Crippen molar-refractivity contribution in [2.45, 2.75) is 64.6 Å². The van der Waals surface area contributed by atoms with E-state index in [4.69, 9.17) is 14.0 Å². The van der Waals surface area contributed by atoms with Crippen LogP contribution in [0.2, 0.25) is 0 Å². The van der Waals surface area contributed by atoms with E-state index < -0.39 is 13.8 Å². The Hall–Kier alpha value is 0.0900. The van der Waals surface area contributed by atoms with Crippen LogP contribution < -0.4 is 10.0 Å². The summed E-state index contributed by atoms with van der Waals surface area (Å²) in [5, 5.41) is 2.88. The lowest BCUT2D eigenvalue weighted by Crippen LogP contribution is -2.50. The van der Waals surface area contributed by atoms with Gasteiger partial charge in [-0.25, -0.2) is 4.72 Å². The highest BCUT2D eigenvalue weighted by Gasteiger charge is 2.20. The quantitative estimate of drug-likeness (QED) is 0.186. The highest BCUT2D eigenvalue weighted by Crippen LogP contribution is 2.33. The second kappa shape index (κ2) is 12.4. The normalized spacial score (nSPS) is 13.8. The SMILES string of the molecule is COCP(C)OCC(C)(C)OCCCCCC(=O)NC(C)(C)NS. The first kappa shape index (κ1) is 24.1. The summed E-state index contributed by atoms with van der Waals surface area (Å²) in [6.07, 6.45) is 3.91. The lowest BCUT2D eigenvalue weighted by molar-refractivity contribution is -0.122. The minimum atomic E-state index is -0.547. The van der Waals surface area contributed by atoms with Gasteiger partial charge in [0.1, 0.15) is 0 Å². The summed E-state index contributed by atoms with van der Waals surface area (Å²) in [5.41, 5.74) is -0.793. The summed E-state index contributed by atoms with van der Waals surface area (Å²) in [4.78, 5) is 11.8. The van der Waals surface area contributed by atoms with Gasteiger partial charge in [-0.2, -0.15) is 0 Å². The number of hydrogen-bond donors (Lipinski definition) is 3. The molecule has 1 unspecified atom stereocenters. The fourth-order valence-electron chi connectivity index (χ4n) is 1.88. The number of ether oxygens (including phenoxy) is 2. The summed E-state index contributed by atoms with van der Waals surface area (Å²) in [6, 6.07) is 0. The third-order valence-electron chi connectivity index (χ3n) is 3.22. The lowest BCUT2D eigenvalue weighted by Gasteiger charge is -2.27. The van der Waals surface area contributed by atoms with Crippen LogP contribution in [0.15, 0.2) is 0 Å². The van der Waals surface area contributed by atoms with Crippen LogP contribution >= 0.6 is 21.0 Å². The third-order valence-corrected chi connectivity index (χ3v) is 4.97. The molecule has 6 nitrogen and oxygen atoms in total. The summed E-state index contributed by atoms with van der Waals surface area (Å²) in [6.45, 7) is 11.1. The molecular weight excluding hydrogens is 347 g/mol. The fraction of sp³-hybridized carbons (Fsp3) is 0.938. The van der Waals surface area contributed by atoms with Gasteiger partial charge in [-0.15, -0.1) is 0 Å². The van der Waals surface area contributed by atoms with E-state index in [1.165, 1.54) is 0 Å². The summed E-state index contributed by atoms with van der Waals surface area (Å²) >= 11 is 3.98. The molecule has 0 radical (unpaired) electrons. The topological polar surface area (TPSA) is 68.8 Å². The largest absolute Gasteiger partial charge is 0.378 e. The Bertz CT molecular complexity index is 357. The van der Waals surface area contributed by atoms with Crippen molar-refractivity contribution in [3.8, 4) is 0 Å². The van der Waals surface area contributed by atoms with Crippen LogP contribution in [0.1, 0.15) is 53.4 Å². The molecule has 0 aliphatic rings. The van der Waals surface area contributed by atoms with Gasteiger partial charge in [-0.05, 0) is 47.2 Å². The zero-order chi connectivity index (χ0) is 18.6. The highest BCUT2D eigenvalue weighted by molar-refractivity contribution is 7.78. The monoisotopic (exact) mass is 382 g/mol. The van der Waals surface area contributed by atoms with E-state index in [9.17, 15) is 4.79 Å². The van der Waals surface area contributed by atoms with E-state index in [1.807, 2.05) is 34.4 Å². The van der Waals surface area contributed by atoms with Crippen LogP contribution in [0.3, 0.4) is 0 Å². The molecule has 8 heteroatoms. The molecule has 24 heavy (non-hydrogen) atoms. The maximum Gasteiger partial charge on any atom is 0.221 e. The van der Waals surface area contributed by atoms with Gasteiger partial charge in [-0.1, -0.05) is 19.2 Å². The van der Waals surface area contributed by atoms with Crippen molar-refractivity contribution >= 4 is 26.9 Å². The number of amides is 1. The smallest absolute Gasteiger partial charge is 0.221 e. The Kier molecular flexibility index (Phi) is 12.5. The number of hydrogen-bond acceptors (Lipinski definition) is 6. The maximum absolute atomic E-state index is 11.8. The summed E-state index contributed by atoms with van der Waals surface area (Å²) < 4.78 is 19.5. The van der Waals surface area contributed by atoms with Gasteiger partial charge in [0.2, 0.25) is 5.91 Å². The summed E-state index contributed by atoms with van der Waals surface area (Å²) in [7, 11) is 1.13. The van der Waals surface area contributed by atoms with Crippen molar-refractivity contribution in [3.63, 3.8) is 0 Å². The minimum absolute atomic E-state index is 0.0330. The molecule has 0 saturated carbocycles. The van der Waals surface area contributed by atoms with E-state index in [2.05, 4.69) is 22.9 Å². The first-order valence-electron chi connectivity index (χ1n) is 8.31. The third kappa shape index (κ3) is 13.4. The summed E-state index contributed by atoms with van der Waals surface area (Å²) in [5.74, 6) is 0.0330. The van der Waals surface area contributed by atoms with Gasteiger partial charge in [-0.3, -0.25) is 4.79 Å². The number of methoxy groups -OCH3 is 1. The Morgan fingerprint density at radius 2 is 1.83 bits per heavy atom. The number of thiol groups is 1. The van der Waals surface area contributed by atoms with Crippen molar-refractivity contribution in [2.24, 2.45) is 0 Å². The van der Waals surface area contributed by atoms with Crippen molar-refractivity contribution in [1.29, 1.82) is 0 Å². The average Bonchev–Trinajstić information content (AvgIpc) is 2.49. The van der Waals surface area contributed by atoms with Gasteiger partial charge < -0.3 is 19.3 Å². The van der Waals surface area contributed by atoms with E-state index >= 15 is 0 Å². The van der Waals surface area contributed by atoms with Gasteiger partial charge >= 0.3 is 0 Å². The van der Waals surface area contributed by atoms with Gasteiger partial charge in [0.15, 0.2) is 0 Å². The highest BCUT2D eigenvalue weighted by atomic mass is 32.1. The molecule has 1 amide bonds. The Balaban J connectivity index is 3.72. The molecule has 0 aromatic heterocycles. The fourth-order valence-corrected chi connectivity index (χ4v) is 2.90. The van der Waals surface area contributed by atoms with Gasteiger partial charge in [0.25, 0.3) is 0 Å². The standard InChI is InChI=1S/C16H35N2O4PS/c1-15(2,12-22-23(6)13-20-5)21-11-9-7-8-10-14(19)17-16(3,4)18-24/h18,24H,7-13H2,1-6H3,(H,17,19). The molecule has 0 aliphatic carbocycles. The number of carbonyl (C=O) groups is 1. The molecule has 0 aromatic carbocycles.